The molecule has 1 aromatic carbocycles. The largest absolute Gasteiger partial charge is 0.379 e. The summed E-state index contributed by atoms with van der Waals surface area (Å²) in [6.07, 6.45) is 13.7. The first-order chi connectivity index (χ1) is 11.8. The van der Waals surface area contributed by atoms with Gasteiger partial charge in [-0.15, -0.1) is 0 Å². The van der Waals surface area contributed by atoms with Gasteiger partial charge < -0.3 is 9.47 Å². The molecule has 1 rings (SSSR count). The Balaban J connectivity index is 2.14. The Morgan fingerprint density at radius 3 is 2.00 bits per heavy atom. The zero-order valence-corrected chi connectivity index (χ0v) is 16.1. The van der Waals surface area contributed by atoms with Crippen molar-refractivity contribution >= 4 is 0 Å². The lowest BCUT2D eigenvalue weighted by Crippen LogP contribution is -2.28. The maximum absolute atomic E-state index is 6.13. The molecule has 0 bridgehead atoms. The minimum Gasteiger partial charge on any atom is -0.379 e. The summed E-state index contributed by atoms with van der Waals surface area (Å²) in [4.78, 5) is 0. The smallest absolute Gasteiger partial charge is 0.0838 e. The van der Waals surface area contributed by atoms with Crippen molar-refractivity contribution in [3.63, 3.8) is 0 Å². The standard InChI is InChI=1S/C22H38O2/c1-4-5-6-7-8-9-10-11-15-18-22(20(2)23-3)24-19-21-16-13-12-14-17-21/h12-14,16-17,20,22H,4-11,15,18-19H2,1-3H3/t20?,22-/m1/s1. The minimum atomic E-state index is 0.155. The Bertz CT molecular complexity index is 377. The maximum atomic E-state index is 6.13. The van der Waals surface area contributed by atoms with Gasteiger partial charge in [0.2, 0.25) is 0 Å². The third-order valence-electron chi connectivity index (χ3n) is 4.79. The normalized spacial score (nSPS) is 13.8. The van der Waals surface area contributed by atoms with Gasteiger partial charge in [-0.1, -0.05) is 95.0 Å². The lowest BCUT2D eigenvalue weighted by molar-refractivity contribution is -0.0601. The molecule has 0 saturated heterocycles. The molecular formula is C22H38O2. The van der Waals surface area contributed by atoms with Gasteiger partial charge in [0.1, 0.15) is 0 Å². The summed E-state index contributed by atoms with van der Waals surface area (Å²) < 4.78 is 11.6. The summed E-state index contributed by atoms with van der Waals surface area (Å²) in [6, 6.07) is 10.4. The van der Waals surface area contributed by atoms with Crippen molar-refractivity contribution in [3.8, 4) is 0 Å². The molecule has 0 saturated carbocycles. The summed E-state index contributed by atoms with van der Waals surface area (Å²) in [6.45, 7) is 5.07. The predicted octanol–water partition coefficient (Wildman–Crippen LogP) is 6.53. The van der Waals surface area contributed by atoms with Gasteiger partial charge in [0.05, 0.1) is 18.8 Å². The molecule has 0 radical (unpaired) electrons. The van der Waals surface area contributed by atoms with Crippen LogP contribution in [0.3, 0.4) is 0 Å². The van der Waals surface area contributed by atoms with Crippen molar-refractivity contribution in [2.24, 2.45) is 0 Å². The van der Waals surface area contributed by atoms with Crippen LogP contribution in [0, 0.1) is 0 Å². The number of rotatable bonds is 15. The third-order valence-corrected chi connectivity index (χ3v) is 4.79. The fraction of sp³-hybridized carbons (Fsp3) is 0.727. The first-order valence-electron chi connectivity index (χ1n) is 9.96. The van der Waals surface area contributed by atoms with Crippen LogP contribution in [0.15, 0.2) is 30.3 Å². The van der Waals surface area contributed by atoms with Gasteiger partial charge in [-0.2, -0.15) is 0 Å². The van der Waals surface area contributed by atoms with Crippen molar-refractivity contribution in [1.29, 1.82) is 0 Å². The van der Waals surface area contributed by atoms with Crippen molar-refractivity contribution in [2.45, 2.75) is 96.9 Å². The number of hydrogen-bond acceptors (Lipinski definition) is 2. The lowest BCUT2D eigenvalue weighted by atomic mass is 10.0. The van der Waals surface area contributed by atoms with Crippen LogP contribution in [-0.2, 0) is 16.1 Å². The highest BCUT2D eigenvalue weighted by Gasteiger charge is 2.17. The fourth-order valence-electron chi connectivity index (χ4n) is 3.04. The van der Waals surface area contributed by atoms with Crippen LogP contribution in [0.5, 0.6) is 0 Å². The molecule has 24 heavy (non-hydrogen) atoms. The molecule has 1 aromatic rings. The Labute approximate surface area is 149 Å². The molecule has 0 heterocycles. The first-order valence-corrected chi connectivity index (χ1v) is 9.96. The molecule has 1 unspecified atom stereocenters. The van der Waals surface area contributed by atoms with Gasteiger partial charge in [-0.05, 0) is 18.9 Å². The number of benzene rings is 1. The van der Waals surface area contributed by atoms with Gasteiger partial charge in [0.25, 0.3) is 0 Å². The van der Waals surface area contributed by atoms with E-state index in [0.29, 0.717) is 6.61 Å². The Morgan fingerprint density at radius 1 is 0.833 bits per heavy atom. The number of unbranched alkanes of at least 4 members (excludes halogenated alkanes) is 8. The molecule has 0 aromatic heterocycles. The average Bonchev–Trinajstić information content (AvgIpc) is 2.63. The van der Waals surface area contributed by atoms with E-state index in [4.69, 9.17) is 9.47 Å². The maximum Gasteiger partial charge on any atom is 0.0838 e. The van der Waals surface area contributed by atoms with E-state index in [9.17, 15) is 0 Å². The summed E-state index contributed by atoms with van der Waals surface area (Å²) in [5.41, 5.74) is 1.23. The Kier molecular flexibility index (Phi) is 12.8. The molecule has 0 N–H and O–H groups in total. The molecule has 0 aliphatic carbocycles. The van der Waals surface area contributed by atoms with Crippen LogP contribution in [0.25, 0.3) is 0 Å². The molecule has 138 valence electrons. The van der Waals surface area contributed by atoms with E-state index in [1.54, 1.807) is 7.11 Å². The third kappa shape index (κ3) is 10.1. The van der Waals surface area contributed by atoms with Crippen molar-refractivity contribution in [1.82, 2.24) is 0 Å². The van der Waals surface area contributed by atoms with Gasteiger partial charge in [0.15, 0.2) is 0 Å². The van der Waals surface area contributed by atoms with E-state index < -0.39 is 0 Å². The predicted molar refractivity (Wildman–Crippen MR) is 103 cm³/mol. The quantitative estimate of drug-likeness (QED) is 0.340. The van der Waals surface area contributed by atoms with E-state index >= 15 is 0 Å². The Morgan fingerprint density at radius 2 is 1.42 bits per heavy atom. The summed E-state index contributed by atoms with van der Waals surface area (Å²) in [7, 11) is 1.78. The summed E-state index contributed by atoms with van der Waals surface area (Å²) >= 11 is 0. The lowest BCUT2D eigenvalue weighted by Gasteiger charge is -2.23. The van der Waals surface area contributed by atoms with Crippen LogP contribution >= 0.6 is 0 Å². The van der Waals surface area contributed by atoms with Crippen LogP contribution < -0.4 is 0 Å². The summed E-state index contributed by atoms with van der Waals surface area (Å²) in [5.74, 6) is 0. The second-order valence-corrected chi connectivity index (χ2v) is 6.89. The Hall–Kier alpha value is -0.860. The molecule has 0 amide bonds. The highest BCUT2D eigenvalue weighted by molar-refractivity contribution is 5.13. The van der Waals surface area contributed by atoms with Gasteiger partial charge in [0, 0.05) is 7.11 Å². The van der Waals surface area contributed by atoms with E-state index in [-0.39, 0.29) is 12.2 Å². The molecular weight excluding hydrogens is 296 g/mol. The number of methoxy groups -OCH3 is 1. The van der Waals surface area contributed by atoms with E-state index in [0.717, 1.165) is 6.42 Å². The number of ether oxygens (including phenoxy) is 2. The van der Waals surface area contributed by atoms with Crippen LogP contribution in [0.2, 0.25) is 0 Å². The molecule has 0 spiro atoms. The van der Waals surface area contributed by atoms with Gasteiger partial charge in [-0.25, -0.2) is 0 Å². The fourth-order valence-corrected chi connectivity index (χ4v) is 3.04. The van der Waals surface area contributed by atoms with E-state index in [2.05, 4.69) is 38.1 Å². The van der Waals surface area contributed by atoms with Crippen molar-refractivity contribution < 1.29 is 9.47 Å². The van der Waals surface area contributed by atoms with Gasteiger partial charge >= 0.3 is 0 Å². The molecule has 2 nitrogen and oxygen atoms in total. The van der Waals surface area contributed by atoms with E-state index in [1.165, 1.54) is 63.4 Å². The molecule has 2 heteroatoms. The molecule has 0 aliphatic heterocycles. The minimum absolute atomic E-state index is 0.155. The highest BCUT2D eigenvalue weighted by Crippen LogP contribution is 2.16. The van der Waals surface area contributed by atoms with Gasteiger partial charge in [-0.3, -0.25) is 0 Å². The van der Waals surface area contributed by atoms with Crippen molar-refractivity contribution in [3.05, 3.63) is 35.9 Å². The molecule has 0 aliphatic rings. The molecule has 0 fully saturated rings. The van der Waals surface area contributed by atoms with E-state index in [1.807, 2.05) is 6.07 Å². The monoisotopic (exact) mass is 334 g/mol. The van der Waals surface area contributed by atoms with Crippen molar-refractivity contribution in [2.75, 3.05) is 7.11 Å². The zero-order valence-electron chi connectivity index (χ0n) is 16.1. The van der Waals surface area contributed by atoms with Crippen LogP contribution in [-0.4, -0.2) is 19.3 Å². The molecule has 2 atom stereocenters. The topological polar surface area (TPSA) is 18.5 Å². The zero-order chi connectivity index (χ0) is 17.5. The highest BCUT2D eigenvalue weighted by atomic mass is 16.5. The number of hydrogen-bond donors (Lipinski definition) is 0. The van der Waals surface area contributed by atoms with Crippen LogP contribution in [0.1, 0.15) is 83.6 Å². The second-order valence-electron chi connectivity index (χ2n) is 6.89. The second kappa shape index (κ2) is 14.5. The SMILES string of the molecule is CCCCCCCCCCC[C@@H](OCc1ccccc1)C(C)OC. The average molecular weight is 335 g/mol. The van der Waals surface area contributed by atoms with Crippen LogP contribution in [0.4, 0.5) is 0 Å². The first kappa shape index (κ1) is 21.2. The summed E-state index contributed by atoms with van der Waals surface area (Å²) in [5, 5.41) is 0.